The van der Waals surface area contributed by atoms with E-state index in [0.29, 0.717) is 13.0 Å². The highest BCUT2D eigenvalue weighted by Gasteiger charge is 2.55. The average Bonchev–Trinajstić information content (AvgIpc) is 2.49. The van der Waals surface area contributed by atoms with Crippen LogP contribution in [-0.4, -0.2) is 36.9 Å². The van der Waals surface area contributed by atoms with Crippen molar-refractivity contribution in [2.24, 2.45) is 11.3 Å². The second-order valence-corrected chi connectivity index (χ2v) is 6.18. The van der Waals surface area contributed by atoms with Crippen LogP contribution in [0.25, 0.3) is 0 Å². The van der Waals surface area contributed by atoms with Crippen molar-refractivity contribution in [1.29, 1.82) is 0 Å². The van der Waals surface area contributed by atoms with E-state index in [1.807, 2.05) is 18.2 Å². The number of nitrogens with zero attached hydrogens (tertiary/aromatic N) is 1. The molecule has 1 aromatic carbocycles. The van der Waals surface area contributed by atoms with Gasteiger partial charge in [0.25, 0.3) is 0 Å². The molecule has 1 saturated carbocycles. The summed E-state index contributed by atoms with van der Waals surface area (Å²) in [7, 11) is 1.38. The van der Waals surface area contributed by atoms with Gasteiger partial charge in [0.15, 0.2) is 5.78 Å². The first-order valence-corrected chi connectivity index (χ1v) is 7.55. The van der Waals surface area contributed by atoms with E-state index in [-0.39, 0.29) is 17.7 Å². The second-order valence-electron chi connectivity index (χ2n) is 6.18. The predicted octanol–water partition coefficient (Wildman–Crippen LogP) is 2.03. The highest BCUT2D eigenvalue weighted by Crippen LogP contribution is 2.42. The van der Waals surface area contributed by atoms with Crippen LogP contribution >= 0.6 is 0 Å². The Bertz CT molecular complexity index is 542. The van der Waals surface area contributed by atoms with E-state index >= 15 is 0 Å². The fourth-order valence-corrected chi connectivity index (χ4v) is 3.81. The van der Waals surface area contributed by atoms with E-state index < -0.39 is 5.41 Å². The normalized spacial score (nSPS) is 29.2. The lowest BCUT2D eigenvalue weighted by Gasteiger charge is -2.46. The molecule has 2 fully saturated rings. The van der Waals surface area contributed by atoms with Gasteiger partial charge in [-0.25, -0.2) is 0 Å². The van der Waals surface area contributed by atoms with Gasteiger partial charge in [0.05, 0.1) is 7.11 Å². The quantitative estimate of drug-likeness (QED) is 0.630. The Labute approximate surface area is 125 Å². The molecular weight excluding hydrogens is 266 g/mol. The van der Waals surface area contributed by atoms with Crippen molar-refractivity contribution < 1.29 is 14.3 Å². The molecule has 0 N–H and O–H groups in total. The van der Waals surface area contributed by atoms with Crippen molar-refractivity contribution in [3.05, 3.63) is 35.9 Å². The van der Waals surface area contributed by atoms with Gasteiger partial charge in [0.2, 0.25) is 0 Å². The maximum Gasteiger partial charge on any atom is 0.320 e. The number of hydrogen-bond acceptors (Lipinski definition) is 4. The van der Waals surface area contributed by atoms with Gasteiger partial charge in [0, 0.05) is 25.6 Å². The summed E-state index contributed by atoms with van der Waals surface area (Å²) in [5, 5.41) is 0. The maximum atomic E-state index is 12.6. The van der Waals surface area contributed by atoms with Crippen molar-refractivity contribution in [3.8, 4) is 0 Å². The third-order valence-corrected chi connectivity index (χ3v) is 4.80. The van der Waals surface area contributed by atoms with Crippen molar-refractivity contribution >= 4 is 11.8 Å². The molecule has 112 valence electrons. The Morgan fingerprint density at radius 1 is 1.38 bits per heavy atom. The molecule has 1 aliphatic heterocycles. The van der Waals surface area contributed by atoms with Crippen molar-refractivity contribution in [2.75, 3.05) is 20.2 Å². The van der Waals surface area contributed by atoms with Crippen LogP contribution in [0.3, 0.4) is 0 Å². The molecule has 2 atom stereocenters. The average molecular weight is 287 g/mol. The molecular formula is C17H21NO3. The Hall–Kier alpha value is -1.68. The Balaban J connectivity index is 1.83. The summed E-state index contributed by atoms with van der Waals surface area (Å²) in [6.07, 6.45) is 2.45. The molecule has 2 unspecified atom stereocenters. The Kier molecular flexibility index (Phi) is 3.81. The highest BCUT2D eigenvalue weighted by molar-refractivity contribution is 6.06. The molecule has 1 heterocycles. The third-order valence-electron chi connectivity index (χ3n) is 4.80. The van der Waals surface area contributed by atoms with Crippen LogP contribution in [0.15, 0.2) is 30.3 Å². The van der Waals surface area contributed by atoms with E-state index in [9.17, 15) is 9.59 Å². The molecule has 0 aromatic heterocycles. The lowest BCUT2D eigenvalue weighted by atomic mass is 9.65. The molecule has 4 nitrogen and oxygen atoms in total. The number of piperidine rings is 1. The van der Waals surface area contributed by atoms with Crippen LogP contribution in [0.1, 0.15) is 24.8 Å². The van der Waals surface area contributed by atoms with Gasteiger partial charge < -0.3 is 4.74 Å². The SMILES string of the molecule is COC(=O)C12CCCC(CN(Cc3ccccc3)C1)C2=O. The zero-order valence-electron chi connectivity index (χ0n) is 12.4. The van der Waals surface area contributed by atoms with Gasteiger partial charge in [-0.05, 0) is 18.4 Å². The monoisotopic (exact) mass is 287 g/mol. The predicted molar refractivity (Wildman–Crippen MR) is 78.5 cm³/mol. The lowest BCUT2D eigenvalue weighted by Crippen LogP contribution is -2.59. The maximum absolute atomic E-state index is 12.6. The van der Waals surface area contributed by atoms with Crippen LogP contribution in [-0.2, 0) is 20.9 Å². The summed E-state index contributed by atoms with van der Waals surface area (Å²) in [6.45, 7) is 2.03. The van der Waals surface area contributed by atoms with E-state index in [4.69, 9.17) is 4.74 Å². The number of fused-ring (bicyclic) bond motifs is 2. The topological polar surface area (TPSA) is 46.6 Å². The van der Waals surface area contributed by atoms with E-state index in [1.54, 1.807) is 0 Å². The minimum Gasteiger partial charge on any atom is -0.468 e. The third kappa shape index (κ3) is 2.48. The Morgan fingerprint density at radius 3 is 2.86 bits per heavy atom. The second kappa shape index (κ2) is 5.60. The standard InChI is InChI=1S/C17H21NO3/c1-21-16(20)17-9-5-8-14(15(17)19)11-18(12-17)10-13-6-3-2-4-7-13/h2-4,6-7,14H,5,8-12H2,1H3. The minimum atomic E-state index is -0.926. The van der Waals surface area contributed by atoms with Crippen LogP contribution in [0.5, 0.6) is 0 Å². The summed E-state index contributed by atoms with van der Waals surface area (Å²) in [4.78, 5) is 27.1. The van der Waals surface area contributed by atoms with Crippen molar-refractivity contribution in [2.45, 2.75) is 25.8 Å². The number of likely N-dealkylation sites (tertiary alicyclic amines) is 1. The number of benzene rings is 1. The number of ether oxygens (including phenoxy) is 1. The van der Waals surface area contributed by atoms with E-state index in [2.05, 4.69) is 17.0 Å². The Morgan fingerprint density at radius 2 is 2.14 bits per heavy atom. The number of carbonyl (C=O) groups is 2. The molecule has 2 aliphatic rings. The van der Waals surface area contributed by atoms with Gasteiger partial charge in [-0.1, -0.05) is 36.8 Å². The molecule has 2 bridgehead atoms. The molecule has 21 heavy (non-hydrogen) atoms. The first-order valence-electron chi connectivity index (χ1n) is 7.55. The summed E-state index contributed by atoms with van der Waals surface area (Å²) in [6, 6.07) is 10.2. The highest BCUT2D eigenvalue weighted by atomic mass is 16.5. The molecule has 0 spiro atoms. The fourth-order valence-electron chi connectivity index (χ4n) is 3.81. The van der Waals surface area contributed by atoms with Gasteiger partial charge in [-0.3, -0.25) is 14.5 Å². The number of hydrogen-bond donors (Lipinski definition) is 0. The molecule has 1 aliphatic carbocycles. The summed E-state index contributed by atoms with van der Waals surface area (Å²) >= 11 is 0. The molecule has 1 saturated heterocycles. The van der Waals surface area contributed by atoms with E-state index in [0.717, 1.165) is 25.9 Å². The van der Waals surface area contributed by atoms with Crippen molar-refractivity contribution in [1.82, 2.24) is 4.90 Å². The summed E-state index contributed by atoms with van der Waals surface area (Å²) in [5.74, 6) is -0.268. The van der Waals surface area contributed by atoms with Gasteiger partial charge in [-0.15, -0.1) is 0 Å². The zero-order valence-corrected chi connectivity index (χ0v) is 12.4. The number of carbonyl (C=O) groups excluding carboxylic acids is 2. The molecule has 0 amide bonds. The van der Waals surface area contributed by atoms with Crippen LogP contribution < -0.4 is 0 Å². The number of methoxy groups -OCH3 is 1. The summed E-state index contributed by atoms with van der Waals surface area (Å²) in [5.41, 5.74) is 0.287. The van der Waals surface area contributed by atoms with Crippen LogP contribution in [0.4, 0.5) is 0 Å². The number of esters is 1. The number of rotatable bonds is 3. The number of ketones is 1. The van der Waals surface area contributed by atoms with Crippen LogP contribution in [0.2, 0.25) is 0 Å². The molecule has 3 rings (SSSR count). The van der Waals surface area contributed by atoms with Gasteiger partial charge in [-0.2, -0.15) is 0 Å². The van der Waals surface area contributed by atoms with Crippen molar-refractivity contribution in [3.63, 3.8) is 0 Å². The fraction of sp³-hybridized carbons (Fsp3) is 0.529. The minimum absolute atomic E-state index is 0.0182. The molecule has 1 aromatic rings. The smallest absolute Gasteiger partial charge is 0.320 e. The summed E-state index contributed by atoms with van der Waals surface area (Å²) < 4.78 is 4.95. The largest absolute Gasteiger partial charge is 0.468 e. The van der Waals surface area contributed by atoms with Gasteiger partial charge >= 0.3 is 5.97 Å². The molecule has 4 heteroatoms. The zero-order chi connectivity index (χ0) is 14.9. The van der Waals surface area contributed by atoms with E-state index in [1.165, 1.54) is 12.7 Å². The first-order chi connectivity index (χ1) is 10.2. The van der Waals surface area contributed by atoms with Crippen LogP contribution in [0, 0.1) is 11.3 Å². The first kappa shape index (κ1) is 14.3. The lowest BCUT2D eigenvalue weighted by molar-refractivity contribution is -0.168. The molecule has 0 radical (unpaired) electrons. The van der Waals surface area contributed by atoms with Gasteiger partial charge in [0.1, 0.15) is 5.41 Å². The number of Topliss-reactive ketones (excluding diaryl/α,β-unsaturated/α-hetero) is 1.